The average molecular weight is 681 g/mol. The van der Waals surface area contributed by atoms with Gasteiger partial charge in [0.2, 0.25) is 0 Å². The van der Waals surface area contributed by atoms with E-state index in [-0.39, 0.29) is 0 Å². The molecule has 4 heterocycles. The van der Waals surface area contributed by atoms with Crippen LogP contribution in [0.25, 0.3) is 88.1 Å². The summed E-state index contributed by atoms with van der Waals surface area (Å²) in [6.07, 6.45) is 0. The summed E-state index contributed by atoms with van der Waals surface area (Å²) in [5.74, 6) is 0. The summed E-state index contributed by atoms with van der Waals surface area (Å²) in [5.41, 5.74) is 12.1. The largest absolute Gasteiger partial charge is 0.456 e. The van der Waals surface area contributed by atoms with Crippen molar-refractivity contribution in [1.29, 1.82) is 10.5 Å². The van der Waals surface area contributed by atoms with Crippen molar-refractivity contribution in [3.05, 3.63) is 145 Å². The molecular formula is C46H28N4OSi. The number of furan rings is 1. The predicted octanol–water partition coefficient (Wildman–Crippen LogP) is 10.3. The number of para-hydroxylation sites is 2. The highest BCUT2D eigenvalue weighted by atomic mass is 28.3. The van der Waals surface area contributed by atoms with Crippen LogP contribution in [0.3, 0.4) is 0 Å². The third-order valence-corrected chi connectivity index (χ3v) is 14.9. The van der Waals surface area contributed by atoms with E-state index in [1.54, 1.807) is 0 Å². The molecule has 1 aliphatic heterocycles. The molecule has 1 aliphatic rings. The molecule has 0 N–H and O–H groups in total. The Kier molecular flexibility index (Phi) is 5.62. The highest BCUT2D eigenvalue weighted by Gasteiger charge is 2.38. The minimum absolute atomic E-state index is 0.601. The monoisotopic (exact) mass is 680 g/mol. The van der Waals surface area contributed by atoms with Crippen molar-refractivity contribution in [2.24, 2.45) is 0 Å². The van der Waals surface area contributed by atoms with Crippen LogP contribution >= 0.6 is 0 Å². The van der Waals surface area contributed by atoms with Gasteiger partial charge in [-0.05, 0) is 106 Å². The molecule has 242 valence electrons. The maximum absolute atomic E-state index is 9.72. The minimum atomic E-state index is -2.00. The quantitative estimate of drug-likeness (QED) is 0.171. The highest BCUT2D eigenvalue weighted by Crippen LogP contribution is 2.42. The molecule has 0 spiro atoms. The zero-order valence-electron chi connectivity index (χ0n) is 28.4. The molecule has 6 heteroatoms. The Morgan fingerprint density at radius 3 is 1.65 bits per heavy atom. The molecule has 11 rings (SSSR count). The Labute approximate surface area is 299 Å². The summed E-state index contributed by atoms with van der Waals surface area (Å²) in [6, 6.07) is 51.6. The van der Waals surface area contributed by atoms with Gasteiger partial charge in [0.05, 0.1) is 45.3 Å². The summed E-state index contributed by atoms with van der Waals surface area (Å²) >= 11 is 0. The van der Waals surface area contributed by atoms with E-state index in [0.717, 1.165) is 66.2 Å². The summed E-state index contributed by atoms with van der Waals surface area (Å²) in [7, 11) is -2.00. The zero-order chi connectivity index (χ0) is 34.9. The van der Waals surface area contributed by atoms with E-state index in [1.807, 2.05) is 48.5 Å². The van der Waals surface area contributed by atoms with Gasteiger partial charge in [-0.25, -0.2) is 0 Å². The molecule has 0 atom stereocenters. The Morgan fingerprint density at radius 1 is 0.481 bits per heavy atom. The van der Waals surface area contributed by atoms with Crippen LogP contribution in [0, 0.1) is 22.7 Å². The van der Waals surface area contributed by atoms with E-state index < -0.39 is 8.07 Å². The number of benzene rings is 7. The molecule has 0 radical (unpaired) electrons. The van der Waals surface area contributed by atoms with Crippen LogP contribution in [-0.2, 0) is 0 Å². The second-order valence-corrected chi connectivity index (χ2v) is 18.7. The fourth-order valence-electron chi connectivity index (χ4n) is 9.02. The zero-order valence-corrected chi connectivity index (χ0v) is 29.4. The van der Waals surface area contributed by atoms with Crippen molar-refractivity contribution in [1.82, 2.24) is 9.13 Å². The Balaban J connectivity index is 1.16. The van der Waals surface area contributed by atoms with Gasteiger partial charge in [-0.3, -0.25) is 0 Å². The van der Waals surface area contributed by atoms with Crippen LogP contribution in [-0.4, -0.2) is 17.2 Å². The first-order valence-electron chi connectivity index (χ1n) is 17.5. The van der Waals surface area contributed by atoms with E-state index in [9.17, 15) is 10.5 Å². The predicted molar refractivity (Wildman–Crippen MR) is 214 cm³/mol. The van der Waals surface area contributed by atoms with Crippen molar-refractivity contribution in [2.75, 3.05) is 0 Å². The van der Waals surface area contributed by atoms with E-state index in [0.29, 0.717) is 11.1 Å². The fourth-order valence-corrected chi connectivity index (χ4v) is 12.1. The molecule has 0 bridgehead atoms. The van der Waals surface area contributed by atoms with Crippen molar-refractivity contribution in [3.8, 4) is 34.6 Å². The average Bonchev–Trinajstić information content (AvgIpc) is 3.89. The molecule has 5 nitrogen and oxygen atoms in total. The lowest BCUT2D eigenvalue weighted by Gasteiger charge is -2.19. The molecule has 0 saturated carbocycles. The third kappa shape index (κ3) is 3.69. The van der Waals surface area contributed by atoms with Gasteiger partial charge in [0.25, 0.3) is 0 Å². The van der Waals surface area contributed by atoms with Crippen LogP contribution < -0.4 is 10.4 Å². The third-order valence-electron chi connectivity index (χ3n) is 11.4. The van der Waals surface area contributed by atoms with Crippen molar-refractivity contribution in [3.63, 3.8) is 0 Å². The summed E-state index contributed by atoms with van der Waals surface area (Å²) in [5, 5.41) is 28.9. The molecule has 3 aromatic heterocycles. The van der Waals surface area contributed by atoms with Crippen molar-refractivity contribution < 1.29 is 4.42 Å². The van der Waals surface area contributed by atoms with E-state index in [2.05, 4.69) is 119 Å². The van der Waals surface area contributed by atoms with Crippen LogP contribution in [0.5, 0.6) is 0 Å². The molecule has 52 heavy (non-hydrogen) atoms. The number of nitrogens with zero attached hydrogens (tertiary/aromatic N) is 4. The number of aromatic nitrogens is 2. The lowest BCUT2D eigenvalue weighted by molar-refractivity contribution is 0.669. The molecule has 0 saturated heterocycles. The first-order chi connectivity index (χ1) is 25.4. The Bertz CT molecular complexity index is 3240. The van der Waals surface area contributed by atoms with Gasteiger partial charge in [0.1, 0.15) is 19.2 Å². The van der Waals surface area contributed by atoms with Gasteiger partial charge in [-0.1, -0.05) is 61.6 Å². The van der Waals surface area contributed by atoms with Gasteiger partial charge in [-0.2, -0.15) is 10.5 Å². The first kappa shape index (κ1) is 28.9. The smallest absolute Gasteiger partial charge is 0.136 e. The minimum Gasteiger partial charge on any atom is -0.456 e. The molecule has 0 aliphatic carbocycles. The van der Waals surface area contributed by atoms with Gasteiger partial charge < -0.3 is 13.6 Å². The topological polar surface area (TPSA) is 70.6 Å². The fraction of sp³-hybridized carbons (Fsp3) is 0.0435. The van der Waals surface area contributed by atoms with Gasteiger partial charge in [-0.15, -0.1) is 0 Å². The Morgan fingerprint density at radius 2 is 1.02 bits per heavy atom. The molecule has 0 unspecified atom stereocenters. The van der Waals surface area contributed by atoms with E-state index in [1.165, 1.54) is 32.3 Å². The maximum atomic E-state index is 9.72. The standard InChI is InChI=1S/C46H28N4OSi/c1-52(2)43-19-13-29(49-38-15-11-27(25-47)21-33(38)34-22-28(26-48)12-16-39(34)49)23-35(43)36-24-30(14-20-44(36)52)50-37-9-5-3-7-31(37)45-40(50)17-18-42-46(45)32-8-4-6-10-41(32)51-42/h3-24H,1-2H3. The SMILES string of the molecule is C[Si]1(C)c2ccc(-n3c4ccc(C#N)cc4c4cc(C#N)ccc43)cc2-c2cc(-n3c4ccccc4c4c5c(ccc43)oc3ccccc35)ccc21. The summed E-state index contributed by atoms with van der Waals surface area (Å²) in [6.45, 7) is 4.90. The molecule has 10 aromatic rings. The normalized spacial score (nSPS) is 13.3. The number of rotatable bonds is 2. The first-order valence-corrected chi connectivity index (χ1v) is 20.5. The number of hydrogen-bond donors (Lipinski definition) is 0. The van der Waals surface area contributed by atoms with Crippen LogP contribution in [0.4, 0.5) is 0 Å². The number of hydrogen-bond acceptors (Lipinski definition) is 3. The van der Waals surface area contributed by atoms with Crippen LogP contribution in [0.2, 0.25) is 13.1 Å². The molecule has 7 aromatic carbocycles. The summed E-state index contributed by atoms with van der Waals surface area (Å²) in [4.78, 5) is 0. The number of fused-ring (bicyclic) bond motifs is 13. The molecular weight excluding hydrogens is 653 g/mol. The highest BCUT2D eigenvalue weighted by molar-refractivity contribution is 7.03. The summed E-state index contributed by atoms with van der Waals surface area (Å²) < 4.78 is 11.0. The number of nitriles is 2. The van der Waals surface area contributed by atoms with E-state index >= 15 is 0 Å². The second-order valence-electron chi connectivity index (χ2n) is 14.4. The molecule has 0 fully saturated rings. The Hall–Kier alpha value is -6.86. The van der Waals surface area contributed by atoms with E-state index in [4.69, 9.17) is 4.42 Å². The second kappa shape index (κ2) is 10.1. The van der Waals surface area contributed by atoms with Crippen molar-refractivity contribution in [2.45, 2.75) is 13.1 Å². The van der Waals surface area contributed by atoms with Gasteiger partial charge in [0.15, 0.2) is 0 Å². The lowest BCUT2D eigenvalue weighted by atomic mass is 10.0. The van der Waals surface area contributed by atoms with Crippen molar-refractivity contribution >= 4 is 84.0 Å². The van der Waals surface area contributed by atoms with Gasteiger partial charge in [0, 0.05) is 43.7 Å². The van der Waals surface area contributed by atoms with Crippen LogP contribution in [0.15, 0.2) is 138 Å². The molecule has 0 amide bonds. The van der Waals surface area contributed by atoms with Gasteiger partial charge >= 0.3 is 0 Å². The van der Waals surface area contributed by atoms with Crippen LogP contribution in [0.1, 0.15) is 11.1 Å². The lowest BCUT2D eigenvalue weighted by Crippen LogP contribution is -2.49. The maximum Gasteiger partial charge on any atom is 0.136 e.